The molecule has 0 aliphatic rings. The highest BCUT2D eigenvalue weighted by molar-refractivity contribution is 5.79. The number of carbonyl (C=O) groups is 1. The van der Waals surface area contributed by atoms with Gasteiger partial charge in [-0.15, -0.1) is 0 Å². The summed E-state index contributed by atoms with van der Waals surface area (Å²) in [4.78, 5) is 24.4. The number of esters is 1. The molecule has 0 fully saturated rings. The van der Waals surface area contributed by atoms with Crippen molar-refractivity contribution >= 4 is 16.9 Å². The molecule has 0 radical (unpaired) electrons. The fraction of sp³-hybridized carbons (Fsp3) is 0.273. The highest BCUT2D eigenvalue weighted by Gasteiger charge is 2.12. The van der Waals surface area contributed by atoms with Gasteiger partial charge in [-0.2, -0.15) is 0 Å². The zero-order chi connectivity index (χ0) is 20.1. The van der Waals surface area contributed by atoms with E-state index in [1.54, 1.807) is 24.3 Å². The van der Waals surface area contributed by atoms with Gasteiger partial charge in [0.15, 0.2) is 6.61 Å². The van der Waals surface area contributed by atoms with E-state index in [2.05, 4.69) is 0 Å². The predicted molar refractivity (Wildman–Crippen MR) is 105 cm³/mol. The lowest BCUT2D eigenvalue weighted by molar-refractivity contribution is -0.150. The van der Waals surface area contributed by atoms with Crippen molar-refractivity contribution in [1.82, 2.24) is 0 Å². The van der Waals surface area contributed by atoms with E-state index < -0.39 is 5.97 Å². The summed E-state index contributed by atoms with van der Waals surface area (Å²) in [5, 5.41) is 0.361. The number of rotatable bonds is 7. The normalized spacial score (nSPS) is 11.8. The van der Waals surface area contributed by atoms with Crippen molar-refractivity contribution in [2.24, 2.45) is 0 Å². The van der Waals surface area contributed by atoms with Gasteiger partial charge in [0.05, 0.1) is 11.5 Å². The van der Waals surface area contributed by atoms with Gasteiger partial charge in [-0.05, 0) is 50.1 Å². The van der Waals surface area contributed by atoms with Gasteiger partial charge in [-0.3, -0.25) is 4.79 Å². The summed E-state index contributed by atoms with van der Waals surface area (Å²) in [5.41, 5.74) is 1.08. The molecule has 146 valence electrons. The maximum Gasteiger partial charge on any atom is 0.344 e. The minimum atomic E-state index is -0.446. The molecule has 0 spiro atoms. The number of fused-ring (bicyclic) bond motifs is 1. The molecule has 0 bridgehead atoms. The van der Waals surface area contributed by atoms with E-state index in [0.717, 1.165) is 12.0 Å². The van der Waals surface area contributed by atoms with E-state index in [9.17, 15) is 9.59 Å². The zero-order valence-corrected chi connectivity index (χ0v) is 16.1. The van der Waals surface area contributed by atoms with E-state index >= 15 is 0 Å². The molecule has 0 N–H and O–H groups in total. The van der Waals surface area contributed by atoms with E-state index in [4.69, 9.17) is 18.6 Å². The minimum absolute atomic E-state index is 0.101. The third-order valence-electron chi connectivity index (χ3n) is 4.20. The summed E-state index contributed by atoms with van der Waals surface area (Å²) < 4.78 is 21.8. The standard InChI is InChI=1S/C22H22O6/c1-4-15(3)27-21(23)13-25-16-8-9-18-19(11-16)26-12-20(22(18)24)28-17-7-5-6-14(2)10-17/h5-12,15H,4,13H2,1-3H3. The first-order chi connectivity index (χ1) is 13.5. The lowest BCUT2D eigenvalue weighted by atomic mass is 10.2. The zero-order valence-electron chi connectivity index (χ0n) is 16.1. The second kappa shape index (κ2) is 8.61. The Balaban J connectivity index is 1.75. The molecular formula is C22H22O6. The second-order valence-corrected chi connectivity index (χ2v) is 6.50. The summed E-state index contributed by atoms with van der Waals surface area (Å²) >= 11 is 0. The molecule has 0 saturated heterocycles. The molecule has 1 aromatic heterocycles. The van der Waals surface area contributed by atoms with Gasteiger partial charge in [-0.1, -0.05) is 19.1 Å². The molecular weight excluding hydrogens is 360 g/mol. The molecule has 1 unspecified atom stereocenters. The van der Waals surface area contributed by atoms with Crippen LogP contribution in [-0.4, -0.2) is 18.7 Å². The van der Waals surface area contributed by atoms with Crippen LogP contribution in [0.1, 0.15) is 25.8 Å². The quantitative estimate of drug-likeness (QED) is 0.555. The smallest absolute Gasteiger partial charge is 0.344 e. The number of aryl methyl sites for hydroxylation is 1. The summed E-state index contributed by atoms with van der Waals surface area (Å²) in [6, 6.07) is 12.1. The highest BCUT2D eigenvalue weighted by atomic mass is 16.6. The summed E-state index contributed by atoms with van der Waals surface area (Å²) in [6.45, 7) is 5.48. The van der Waals surface area contributed by atoms with Gasteiger partial charge < -0.3 is 18.6 Å². The Hall–Kier alpha value is -3.28. The molecule has 6 nitrogen and oxygen atoms in total. The number of benzene rings is 2. The van der Waals surface area contributed by atoms with E-state index in [0.29, 0.717) is 22.5 Å². The van der Waals surface area contributed by atoms with Crippen LogP contribution in [-0.2, 0) is 9.53 Å². The molecule has 6 heteroatoms. The first-order valence-electron chi connectivity index (χ1n) is 9.08. The van der Waals surface area contributed by atoms with Crippen molar-refractivity contribution in [2.75, 3.05) is 6.61 Å². The fourth-order valence-electron chi connectivity index (χ4n) is 2.54. The fourth-order valence-corrected chi connectivity index (χ4v) is 2.54. The van der Waals surface area contributed by atoms with Gasteiger partial charge in [0.2, 0.25) is 11.2 Å². The van der Waals surface area contributed by atoms with Crippen molar-refractivity contribution in [3.8, 4) is 17.2 Å². The first-order valence-corrected chi connectivity index (χ1v) is 9.08. The minimum Gasteiger partial charge on any atom is -0.482 e. The van der Waals surface area contributed by atoms with E-state index in [1.165, 1.54) is 6.26 Å². The number of hydrogen-bond acceptors (Lipinski definition) is 6. The van der Waals surface area contributed by atoms with Crippen LogP contribution in [0.2, 0.25) is 0 Å². The van der Waals surface area contributed by atoms with Gasteiger partial charge in [-0.25, -0.2) is 4.79 Å². The molecule has 1 atom stereocenters. The summed E-state index contributed by atoms with van der Waals surface area (Å²) in [5.74, 6) is 0.622. The molecule has 3 rings (SSSR count). The third kappa shape index (κ3) is 4.71. The van der Waals surface area contributed by atoms with Crippen LogP contribution in [0, 0.1) is 6.92 Å². The molecule has 3 aromatic rings. The van der Waals surface area contributed by atoms with E-state index in [1.807, 2.05) is 39.0 Å². The van der Waals surface area contributed by atoms with Crippen LogP contribution in [0.5, 0.6) is 17.2 Å². The topological polar surface area (TPSA) is 75.0 Å². The molecule has 0 aliphatic heterocycles. The van der Waals surface area contributed by atoms with Crippen molar-refractivity contribution in [2.45, 2.75) is 33.3 Å². The summed E-state index contributed by atoms with van der Waals surface area (Å²) in [6.07, 6.45) is 1.85. The summed E-state index contributed by atoms with van der Waals surface area (Å²) in [7, 11) is 0. The monoisotopic (exact) mass is 382 g/mol. The Morgan fingerprint density at radius 1 is 1.14 bits per heavy atom. The van der Waals surface area contributed by atoms with Gasteiger partial charge >= 0.3 is 5.97 Å². The molecule has 28 heavy (non-hydrogen) atoms. The van der Waals surface area contributed by atoms with E-state index in [-0.39, 0.29) is 23.9 Å². The number of carbonyl (C=O) groups excluding carboxylic acids is 1. The number of hydrogen-bond donors (Lipinski definition) is 0. The molecule has 1 heterocycles. The van der Waals surface area contributed by atoms with Crippen molar-refractivity contribution in [3.05, 3.63) is 64.5 Å². The molecule has 0 saturated carbocycles. The average Bonchev–Trinajstić information content (AvgIpc) is 2.68. The van der Waals surface area contributed by atoms with Crippen LogP contribution in [0.25, 0.3) is 11.0 Å². The maximum absolute atomic E-state index is 12.6. The predicted octanol–water partition coefficient (Wildman–Crippen LogP) is 4.61. The Morgan fingerprint density at radius 3 is 2.71 bits per heavy atom. The highest BCUT2D eigenvalue weighted by Crippen LogP contribution is 2.24. The van der Waals surface area contributed by atoms with Crippen LogP contribution in [0.3, 0.4) is 0 Å². The third-order valence-corrected chi connectivity index (χ3v) is 4.20. The molecule has 0 aliphatic carbocycles. The van der Waals surface area contributed by atoms with Gasteiger partial charge in [0, 0.05) is 6.07 Å². The van der Waals surface area contributed by atoms with Crippen molar-refractivity contribution in [1.29, 1.82) is 0 Å². The van der Waals surface area contributed by atoms with Crippen LogP contribution >= 0.6 is 0 Å². The van der Waals surface area contributed by atoms with Gasteiger partial charge in [0.25, 0.3) is 0 Å². The van der Waals surface area contributed by atoms with Crippen LogP contribution in [0.4, 0.5) is 0 Å². The number of ether oxygens (including phenoxy) is 3. The molecule has 0 amide bonds. The largest absolute Gasteiger partial charge is 0.482 e. The first kappa shape index (κ1) is 19.5. The Bertz CT molecular complexity index is 1040. The lowest BCUT2D eigenvalue weighted by Gasteiger charge is -2.11. The Morgan fingerprint density at radius 2 is 1.96 bits per heavy atom. The van der Waals surface area contributed by atoms with Crippen LogP contribution in [0.15, 0.2) is 57.9 Å². The average molecular weight is 382 g/mol. The van der Waals surface area contributed by atoms with Crippen molar-refractivity contribution < 1.29 is 23.4 Å². The SMILES string of the molecule is CCC(C)OC(=O)COc1ccc2c(=O)c(Oc3cccc(C)c3)coc2c1. The second-order valence-electron chi connectivity index (χ2n) is 6.50. The Kier molecular flexibility index (Phi) is 5.99. The van der Waals surface area contributed by atoms with Gasteiger partial charge in [0.1, 0.15) is 23.3 Å². The maximum atomic E-state index is 12.6. The lowest BCUT2D eigenvalue weighted by Crippen LogP contribution is -2.20. The Labute approximate surface area is 162 Å². The van der Waals surface area contributed by atoms with Crippen molar-refractivity contribution in [3.63, 3.8) is 0 Å². The molecule has 2 aromatic carbocycles. The van der Waals surface area contributed by atoms with Crippen LogP contribution < -0.4 is 14.9 Å².